The third-order valence-corrected chi connectivity index (χ3v) is 7.13. The van der Waals surface area contributed by atoms with Gasteiger partial charge in [-0.15, -0.1) is 0 Å². The molecule has 9 heteroatoms. The number of carbonyl (C=O) groups is 1. The van der Waals surface area contributed by atoms with Crippen LogP contribution >= 0.6 is 0 Å². The first-order valence-electron chi connectivity index (χ1n) is 12.6. The van der Waals surface area contributed by atoms with Crippen LogP contribution in [0.25, 0.3) is 0 Å². The number of ether oxygens (including phenoxy) is 1. The molecule has 9 nitrogen and oxygen atoms in total. The van der Waals surface area contributed by atoms with E-state index in [1.807, 2.05) is 31.3 Å². The first-order valence-corrected chi connectivity index (χ1v) is 12.6. The Morgan fingerprint density at radius 1 is 1.03 bits per heavy atom. The van der Waals surface area contributed by atoms with Crippen LogP contribution in [0.1, 0.15) is 63.0 Å². The van der Waals surface area contributed by atoms with E-state index in [4.69, 9.17) is 9.72 Å². The second-order valence-electron chi connectivity index (χ2n) is 9.52. The summed E-state index contributed by atoms with van der Waals surface area (Å²) in [7, 11) is 2.04. The van der Waals surface area contributed by atoms with Gasteiger partial charge in [0.1, 0.15) is 11.6 Å². The van der Waals surface area contributed by atoms with Crippen molar-refractivity contribution in [2.24, 2.45) is 0 Å². The van der Waals surface area contributed by atoms with Crippen LogP contribution in [0.4, 0.5) is 22.4 Å². The quantitative estimate of drug-likeness (QED) is 0.434. The molecule has 1 aromatic carbocycles. The van der Waals surface area contributed by atoms with Gasteiger partial charge in [0.05, 0.1) is 0 Å². The molecule has 2 fully saturated rings. The molecular formula is C26H33N7O2. The van der Waals surface area contributed by atoms with E-state index in [1.165, 1.54) is 31.4 Å². The summed E-state index contributed by atoms with van der Waals surface area (Å²) in [6.45, 7) is 0. The highest BCUT2D eigenvalue weighted by Crippen LogP contribution is 2.34. The van der Waals surface area contributed by atoms with Gasteiger partial charge in [-0.1, -0.05) is 31.0 Å². The molecule has 2 heterocycles. The fraction of sp³-hybridized carbons (Fsp3) is 0.462. The van der Waals surface area contributed by atoms with Crippen molar-refractivity contribution < 1.29 is 9.53 Å². The highest BCUT2D eigenvalue weighted by atomic mass is 16.6. The van der Waals surface area contributed by atoms with Crippen molar-refractivity contribution in [3.05, 3.63) is 54.4 Å². The van der Waals surface area contributed by atoms with Crippen LogP contribution in [0.5, 0.6) is 5.75 Å². The Kier molecular flexibility index (Phi) is 7.11. The standard InChI is InChI=1S/C26H33N7O2/c1-33(20-13-11-19(12-14-20)28-26(34)35-21-9-3-2-4-10-21)25-27-16-15-23(30-25)29-24-17-22(31-32-24)18-7-5-6-8-18/h2-4,9-10,15-20H,5-8,11-14H2,1H3,(H,28,34)(H2,27,29,30,31,32)/t19-,20-. The number of benzene rings is 1. The molecule has 0 radical (unpaired) electrons. The zero-order chi connectivity index (χ0) is 24.0. The summed E-state index contributed by atoms with van der Waals surface area (Å²) in [5, 5.41) is 13.9. The fourth-order valence-corrected chi connectivity index (χ4v) is 5.13. The smallest absolute Gasteiger partial charge is 0.410 e. The van der Waals surface area contributed by atoms with E-state index in [0.29, 0.717) is 23.7 Å². The molecule has 5 rings (SSSR count). The molecule has 3 N–H and O–H groups in total. The minimum absolute atomic E-state index is 0.110. The number of rotatable bonds is 7. The topological polar surface area (TPSA) is 108 Å². The molecule has 1 amide bonds. The van der Waals surface area contributed by atoms with Gasteiger partial charge in [0.15, 0.2) is 5.82 Å². The van der Waals surface area contributed by atoms with Gasteiger partial charge in [-0.3, -0.25) is 5.10 Å². The van der Waals surface area contributed by atoms with Crippen LogP contribution in [-0.2, 0) is 0 Å². The summed E-state index contributed by atoms with van der Waals surface area (Å²) < 4.78 is 5.36. The Labute approximate surface area is 205 Å². The summed E-state index contributed by atoms with van der Waals surface area (Å²) in [6.07, 6.45) is 10.1. The van der Waals surface area contributed by atoms with Crippen LogP contribution in [0.15, 0.2) is 48.7 Å². The zero-order valence-corrected chi connectivity index (χ0v) is 20.1. The summed E-state index contributed by atoms with van der Waals surface area (Å²) in [6, 6.07) is 13.5. The molecule has 0 saturated heterocycles. The lowest BCUT2D eigenvalue weighted by Crippen LogP contribution is -2.44. The molecule has 2 saturated carbocycles. The Morgan fingerprint density at radius 3 is 2.57 bits per heavy atom. The summed E-state index contributed by atoms with van der Waals surface area (Å²) in [5.74, 6) is 3.34. The Balaban J connectivity index is 1.12. The average molecular weight is 476 g/mol. The summed E-state index contributed by atoms with van der Waals surface area (Å²) >= 11 is 0. The molecule has 3 aromatic rings. The summed E-state index contributed by atoms with van der Waals surface area (Å²) in [4.78, 5) is 23.6. The Bertz CT molecular complexity index is 1110. The molecule has 35 heavy (non-hydrogen) atoms. The van der Waals surface area contributed by atoms with Crippen molar-refractivity contribution in [1.29, 1.82) is 0 Å². The molecule has 2 aliphatic rings. The zero-order valence-electron chi connectivity index (χ0n) is 20.1. The number of nitrogens with one attached hydrogen (secondary N) is 3. The van der Waals surface area contributed by atoms with Gasteiger partial charge >= 0.3 is 6.09 Å². The lowest BCUT2D eigenvalue weighted by molar-refractivity contribution is 0.191. The molecule has 0 unspecified atom stereocenters. The van der Waals surface area contributed by atoms with Gasteiger partial charge < -0.3 is 20.3 Å². The molecule has 2 aliphatic carbocycles. The van der Waals surface area contributed by atoms with Crippen molar-refractivity contribution in [3.8, 4) is 5.75 Å². The third-order valence-electron chi connectivity index (χ3n) is 7.13. The first-order chi connectivity index (χ1) is 17.1. The lowest BCUT2D eigenvalue weighted by Gasteiger charge is -2.34. The minimum Gasteiger partial charge on any atom is -0.410 e. The van der Waals surface area contributed by atoms with Crippen LogP contribution in [-0.4, -0.2) is 45.4 Å². The maximum absolute atomic E-state index is 12.2. The van der Waals surface area contributed by atoms with E-state index in [1.54, 1.807) is 18.3 Å². The number of hydrogen-bond acceptors (Lipinski definition) is 7. The predicted octanol–water partition coefficient (Wildman–Crippen LogP) is 5.14. The van der Waals surface area contributed by atoms with E-state index in [-0.39, 0.29) is 6.04 Å². The molecule has 0 bridgehead atoms. The number of carbonyl (C=O) groups excluding carboxylic acids is 1. The van der Waals surface area contributed by atoms with Gasteiger partial charge in [-0.2, -0.15) is 10.1 Å². The monoisotopic (exact) mass is 475 g/mol. The maximum Gasteiger partial charge on any atom is 0.412 e. The normalized spacial score (nSPS) is 20.4. The minimum atomic E-state index is -0.399. The highest BCUT2D eigenvalue weighted by molar-refractivity contribution is 5.70. The average Bonchev–Trinajstić information content (AvgIpc) is 3.57. The second-order valence-corrected chi connectivity index (χ2v) is 9.52. The first kappa shape index (κ1) is 23.1. The molecule has 0 spiro atoms. The van der Waals surface area contributed by atoms with E-state index < -0.39 is 6.09 Å². The van der Waals surface area contributed by atoms with E-state index in [2.05, 4.69) is 36.8 Å². The van der Waals surface area contributed by atoms with Crippen LogP contribution < -0.4 is 20.3 Å². The summed E-state index contributed by atoms with van der Waals surface area (Å²) in [5.41, 5.74) is 1.20. The van der Waals surface area contributed by atoms with Gasteiger partial charge in [0, 0.05) is 43.0 Å². The number of anilines is 3. The number of amides is 1. The largest absolute Gasteiger partial charge is 0.412 e. The third kappa shape index (κ3) is 5.90. The van der Waals surface area contributed by atoms with Gasteiger partial charge in [0.2, 0.25) is 5.95 Å². The van der Waals surface area contributed by atoms with Crippen molar-refractivity contribution in [3.63, 3.8) is 0 Å². The van der Waals surface area contributed by atoms with Gasteiger partial charge in [0.25, 0.3) is 0 Å². The fourth-order valence-electron chi connectivity index (χ4n) is 5.13. The molecule has 0 atom stereocenters. The maximum atomic E-state index is 12.2. The SMILES string of the molecule is CN(c1nccc(Nc2cc(C3CCCC3)[nH]n2)n1)[C@H]1CC[C@H](NC(=O)Oc2ccccc2)CC1. The van der Waals surface area contributed by atoms with Gasteiger partial charge in [-0.05, 0) is 56.7 Å². The highest BCUT2D eigenvalue weighted by Gasteiger charge is 2.27. The number of aromatic nitrogens is 4. The number of hydrogen-bond donors (Lipinski definition) is 3. The molecule has 0 aliphatic heterocycles. The number of para-hydroxylation sites is 1. The predicted molar refractivity (Wildman–Crippen MR) is 135 cm³/mol. The van der Waals surface area contributed by atoms with Crippen LogP contribution in [0.3, 0.4) is 0 Å². The molecule has 2 aromatic heterocycles. The van der Waals surface area contributed by atoms with E-state index >= 15 is 0 Å². The number of H-pyrrole nitrogens is 1. The van der Waals surface area contributed by atoms with E-state index in [9.17, 15) is 4.79 Å². The number of nitrogens with zero attached hydrogens (tertiary/aromatic N) is 4. The Morgan fingerprint density at radius 2 is 1.80 bits per heavy atom. The Hall–Kier alpha value is -3.62. The van der Waals surface area contributed by atoms with Gasteiger partial charge in [-0.25, -0.2) is 9.78 Å². The van der Waals surface area contributed by atoms with Crippen molar-refractivity contribution in [1.82, 2.24) is 25.5 Å². The van der Waals surface area contributed by atoms with Crippen molar-refractivity contribution in [2.45, 2.75) is 69.4 Å². The lowest BCUT2D eigenvalue weighted by atomic mass is 9.90. The van der Waals surface area contributed by atoms with E-state index in [0.717, 1.165) is 37.3 Å². The second kappa shape index (κ2) is 10.8. The van der Waals surface area contributed by atoms with Crippen molar-refractivity contribution >= 4 is 23.7 Å². The van der Waals surface area contributed by atoms with Crippen molar-refractivity contribution in [2.75, 3.05) is 17.3 Å². The van der Waals surface area contributed by atoms with Crippen LogP contribution in [0, 0.1) is 0 Å². The number of aromatic amines is 1. The van der Waals surface area contributed by atoms with Crippen LogP contribution in [0.2, 0.25) is 0 Å². The molecular weight excluding hydrogens is 442 g/mol. The molecule has 184 valence electrons.